The summed E-state index contributed by atoms with van der Waals surface area (Å²) in [6, 6.07) is 7.87. The summed E-state index contributed by atoms with van der Waals surface area (Å²) in [5, 5.41) is 0. The number of nitrogens with zero attached hydrogens (tertiary/aromatic N) is 3. The Morgan fingerprint density at radius 3 is 2.65 bits per heavy atom. The second-order valence-electron chi connectivity index (χ2n) is 5.54. The highest BCUT2D eigenvalue weighted by Gasteiger charge is 2.18. The molecule has 0 aromatic carbocycles. The molecule has 0 saturated carbocycles. The van der Waals surface area contributed by atoms with Crippen molar-refractivity contribution in [3.05, 3.63) is 53.5 Å². The molecular weight excluding hydrogens is 290 g/mol. The lowest BCUT2D eigenvalue weighted by Crippen LogP contribution is -2.10. The van der Waals surface area contributed by atoms with Crippen LogP contribution < -0.4 is 0 Å². The molecule has 0 amide bonds. The number of ether oxygens (including phenoxy) is 1. The van der Waals surface area contributed by atoms with Crippen LogP contribution in [0.25, 0.3) is 17.0 Å². The predicted octanol–water partition coefficient (Wildman–Crippen LogP) is 3.12. The Hall–Kier alpha value is -2.69. The molecule has 0 unspecified atom stereocenters. The fraction of sp³-hybridized carbons (Fsp3) is 0.278. The molecule has 0 atom stereocenters. The van der Waals surface area contributed by atoms with Gasteiger partial charge in [-0.25, -0.2) is 4.98 Å². The minimum Gasteiger partial charge on any atom is -0.466 e. The molecule has 0 spiro atoms. The van der Waals surface area contributed by atoms with Gasteiger partial charge in [-0.3, -0.25) is 9.78 Å². The van der Waals surface area contributed by atoms with E-state index >= 15 is 0 Å². The van der Waals surface area contributed by atoms with Crippen LogP contribution >= 0.6 is 0 Å². The molecule has 0 aliphatic heterocycles. The monoisotopic (exact) mass is 309 g/mol. The second kappa shape index (κ2) is 6.20. The summed E-state index contributed by atoms with van der Waals surface area (Å²) in [5.74, 6) is -0.260. The van der Waals surface area contributed by atoms with Crippen LogP contribution in [-0.4, -0.2) is 26.9 Å². The predicted molar refractivity (Wildman–Crippen MR) is 88.2 cm³/mol. The Balaban J connectivity index is 2.15. The Morgan fingerprint density at radius 1 is 1.17 bits per heavy atom. The third kappa shape index (κ3) is 3.08. The van der Waals surface area contributed by atoms with E-state index in [1.54, 1.807) is 13.1 Å². The SMILES string of the molecule is CCOC(=O)Cc1c(-c2ccc(C)cn2)nc2ccc(C)cn12. The Morgan fingerprint density at radius 2 is 1.96 bits per heavy atom. The molecule has 3 heterocycles. The van der Waals surface area contributed by atoms with Crippen LogP contribution in [0.3, 0.4) is 0 Å². The largest absolute Gasteiger partial charge is 0.466 e. The van der Waals surface area contributed by atoms with E-state index in [1.807, 2.05) is 48.7 Å². The number of carbonyl (C=O) groups excluding carboxylic acids is 1. The van der Waals surface area contributed by atoms with Gasteiger partial charge in [0, 0.05) is 12.4 Å². The van der Waals surface area contributed by atoms with Gasteiger partial charge in [0.25, 0.3) is 0 Å². The summed E-state index contributed by atoms with van der Waals surface area (Å²) in [5.41, 5.74) is 5.27. The standard InChI is InChI=1S/C18H19N3O2/c1-4-23-17(22)9-15-18(14-7-5-12(2)10-19-14)20-16-8-6-13(3)11-21(15)16/h5-8,10-11H,4,9H2,1-3H3. The molecule has 118 valence electrons. The highest BCUT2D eigenvalue weighted by molar-refractivity contribution is 5.76. The van der Waals surface area contributed by atoms with Crippen molar-refractivity contribution >= 4 is 11.6 Å². The van der Waals surface area contributed by atoms with E-state index in [0.717, 1.165) is 33.9 Å². The summed E-state index contributed by atoms with van der Waals surface area (Å²) in [7, 11) is 0. The van der Waals surface area contributed by atoms with Crippen LogP contribution in [0.15, 0.2) is 36.7 Å². The van der Waals surface area contributed by atoms with Gasteiger partial charge in [0.05, 0.1) is 24.4 Å². The maximum absolute atomic E-state index is 12.0. The first-order chi connectivity index (χ1) is 11.1. The summed E-state index contributed by atoms with van der Waals surface area (Å²) in [6.45, 7) is 6.17. The van der Waals surface area contributed by atoms with Crippen LogP contribution in [0.1, 0.15) is 23.7 Å². The maximum Gasteiger partial charge on any atom is 0.311 e. The first-order valence-electron chi connectivity index (χ1n) is 7.64. The lowest BCUT2D eigenvalue weighted by atomic mass is 10.1. The minimum absolute atomic E-state index is 0.170. The number of hydrogen-bond donors (Lipinski definition) is 0. The third-order valence-electron chi connectivity index (χ3n) is 3.64. The van der Waals surface area contributed by atoms with Crippen LogP contribution in [0.2, 0.25) is 0 Å². The molecule has 3 rings (SSSR count). The molecule has 0 aliphatic rings. The van der Waals surface area contributed by atoms with E-state index in [9.17, 15) is 4.79 Å². The number of aryl methyl sites for hydroxylation is 2. The van der Waals surface area contributed by atoms with Gasteiger partial charge >= 0.3 is 5.97 Å². The molecule has 3 aromatic rings. The number of fused-ring (bicyclic) bond motifs is 1. The van der Waals surface area contributed by atoms with E-state index in [2.05, 4.69) is 9.97 Å². The lowest BCUT2D eigenvalue weighted by Gasteiger charge is -2.06. The Kier molecular flexibility index (Phi) is 4.10. The van der Waals surface area contributed by atoms with E-state index in [-0.39, 0.29) is 12.4 Å². The molecule has 0 N–H and O–H groups in total. The molecule has 23 heavy (non-hydrogen) atoms. The number of esters is 1. The fourth-order valence-corrected chi connectivity index (χ4v) is 2.53. The van der Waals surface area contributed by atoms with E-state index in [4.69, 9.17) is 4.74 Å². The number of hydrogen-bond acceptors (Lipinski definition) is 4. The molecule has 0 bridgehead atoms. The topological polar surface area (TPSA) is 56.5 Å². The maximum atomic E-state index is 12.0. The number of imidazole rings is 1. The Labute approximate surface area is 135 Å². The second-order valence-corrected chi connectivity index (χ2v) is 5.54. The van der Waals surface area contributed by atoms with Crippen LogP contribution in [0, 0.1) is 13.8 Å². The zero-order valence-electron chi connectivity index (χ0n) is 13.5. The van der Waals surface area contributed by atoms with Gasteiger partial charge < -0.3 is 9.14 Å². The van der Waals surface area contributed by atoms with Crippen LogP contribution in [-0.2, 0) is 16.0 Å². The van der Waals surface area contributed by atoms with Crippen molar-refractivity contribution in [3.8, 4) is 11.4 Å². The van der Waals surface area contributed by atoms with Gasteiger partial charge in [-0.05, 0) is 44.0 Å². The van der Waals surface area contributed by atoms with E-state index in [1.165, 1.54) is 0 Å². The van der Waals surface area contributed by atoms with Gasteiger partial charge in [0.1, 0.15) is 11.3 Å². The summed E-state index contributed by atoms with van der Waals surface area (Å²) in [6.07, 6.45) is 3.96. The van der Waals surface area contributed by atoms with Crippen molar-refractivity contribution in [2.45, 2.75) is 27.2 Å². The van der Waals surface area contributed by atoms with Gasteiger partial charge in [-0.2, -0.15) is 0 Å². The highest BCUT2D eigenvalue weighted by atomic mass is 16.5. The summed E-state index contributed by atoms with van der Waals surface area (Å²) in [4.78, 5) is 21.1. The fourth-order valence-electron chi connectivity index (χ4n) is 2.53. The molecule has 0 fully saturated rings. The lowest BCUT2D eigenvalue weighted by molar-refractivity contribution is -0.142. The minimum atomic E-state index is -0.260. The van der Waals surface area contributed by atoms with E-state index < -0.39 is 0 Å². The smallest absolute Gasteiger partial charge is 0.311 e. The summed E-state index contributed by atoms with van der Waals surface area (Å²) >= 11 is 0. The van der Waals surface area contributed by atoms with Crippen molar-refractivity contribution in [1.29, 1.82) is 0 Å². The van der Waals surface area contributed by atoms with Crippen molar-refractivity contribution in [1.82, 2.24) is 14.4 Å². The van der Waals surface area contributed by atoms with Crippen LogP contribution in [0.4, 0.5) is 0 Å². The number of carbonyl (C=O) groups is 1. The molecule has 0 saturated heterocycles. The van der Waals surface area contributed by atoms with Gasteiger partial charge in [0.2, 0.25) is 0 Å². The van der Waals surface area contributed by atoms with Gasteiger partial charge in [0.15, 0.2) is 0 Å². The van der Waals surface area contributed by atoms with Crippen molar-refractivity contribution in [2.24, 2.45) is 0 Å². The third-order valence-corrected chi connectivity index (χ3v) is 3.64. The first-order valence-corrected chi connectivity index (χ1v) is 7.64. The summed E-state index contributed by atoms with van der Waals surface area (Å²) < 4.78 is 7.05. The van der Waals surface area contributed by atoms with Crippen molar-refractivity contribution < 1.29 is 9.53 Å². The van der Waals surface area contributed by atoms with Gasteiger partial charge in [-0.1, -0.05) is 12.1 Å². The number of pyridine rings is 2. The van der Waals surface area contributed by atoms with Gasteiger partial charge in [-0.15, -0.1) is 0 Å². The molecular formula is C18H19N3O2. The molecule has 3 aromatic heterocycles. The van der Waals surface area contributed by atoms with Crippen LogP contribution in [0.5, 0.6) is 0 Å². The first kappa shape index (κ1) is 15.2. The normalized spacial score (nSPS) is 10.9. The zero-order valence-corrected chi connectivity index (χ0v) is 13.5. The Bertz CT molecular complexity index is 851. The molecule has 0 aliphatic carbocycles. The molecule has 5 heteroatoms. The quantitative estimate of drug-likeness (QED) is 0.695. The molecule has 5 nitrogen and oxygen atoms in total. The number of aromatic nitrogens is 3. The highest BCUT2D eigenvalue weighted by Crippen LogP contribution is 2.24. The molecule has 0 radical (unpaired) electrons. The van der Waals surface area contributed by atoms with Crippen molar-refractivity contribution in [2.75, 3.05) is 6.61 Å². The average molecular weight is 309 g/mol. The number of rotatable bonds is 4. The van der Waals surface area contributed by atoms with E-state index in [0.29, 0.717) is 6.61 Å². The zero-order chi connectivity index (χ0) is 16.4. The van der Waals surface area contributed by atoms with Crippen molar-refractivity contribution in [3.63, 3.8) is 0 Å². The average Bonchev–Trinajstić information content (AvgIpc) is 2.86.